The van der Waals surface area contributed by atoms with Gasteiger partial charge in [0.05, 0.1) is 30.8 Å². The van der Waals surface area contributed by atoms with E-state index in [4.69, 9.17) is 18.5 Å². The zero-order chi connectivity index (χ0) is 27.4. The minimum atomic E-state index is -4.27. The van der Waals surface area contributed by atoms with Gasteiger partial charge in [-0.15, -0.1) is 0 Å². The first-order chi connectivity index (χ1) is 17.4. The van der Waals surface area contributed by atoms with Crippen molar-refractivity contribution in [2.75, 3.05) is 13.2 Å². The normalized spacial score (nSPS) is 30.1. The minimum Gasteiger partial charge on any atom is -0.462 e. The molecule has 206 valence electrons. The predicted molar refractivity (Wildman–Crippen MR) is 128 cm³/mol. The van der Waals surface area contributed by atoms with E-state index in [2.05, 4.69) is 10.4 Å². The Morgan fingerprint density at radius 3 is 2.59 bits per heavy atom. The Kier molecular flexibility index (Phi) is 9.32. The highest BCUT2D eigenvalue weighted by Crippen LogP contribution is 2.48. The first-order valence-corrected chi connectivity index (χ1v) is 13.2. The number of hydrogen-bond donors (Lipinski definition) is 4. The van der Waals surface area contributed by atoms with Crippen LogP contribution in [0.3, 0.4) is 0 Å². The van der Waals surface area contributed by atoms with Crippen molar-refractivity contribution in [3.05, 3.63) is 42.6 Å². The predicted octanol–water partition coefficient (Wildman–Crippen LogP) is 1.40. The van der Waals surface area contributed by atoms with Gasteiger partial charge >= 0.3 is 13.7 Å². The molecule has 0 spiro atoms. The minimum absolute atomic E-state index is 0.179. The van der Waals surface area contributed by atoms with Gasteiger partial charge in [0, 0.05) is 12.3 Å². The molecule has 1 saturated heterocycles. The summed E-state index contributed by atoms with van der Waals surface area (Å²) in [5.74, 6) is -1.08. The van der Waals surface area contributed by atoms with Gasteiger partial charge in [0.2, 0.25) is 12.3 Å². The van der Waals surface area contributed by atoms with E-state index in [1.165, 1.54) is 32.2 Å². The number of ether oxygens (including phenoxy) is 2. The quantitative estimate of drug-likeness (QED) is 0.236. The van der Waals surface area contributed by atoms with Crippen molar-refractivity contribution < 1.29 is 47.3 Å². The summed E-state index contributed by atoms with van der Waals surface area (Å²) < 4.78 is 51.4. The SMILES string of the molecule is CC(C)OC(=O)[C@H](C)NP(=O)(OC[C@H]1O[C@@H](N2C=CC(=O)NC2O)C(F)C1(C)CO)Oc1ccccc1. The van der Waals surface area contributed by atoms with Crippen LogP contribution in [-0.4, -0.2) is 77.2 Å². The Hall–Kier alpha value is -2.54. The molecule has 2 heterocycles. The van der Waals surface area contributed by atoms with E-state index in [1.807, 2.05) is 0 Å². The molecule has 0 bridgehead atoms. The van der Waals surface area contributed by atoms with Crippen LogP contribution in [0.1, 0.15) is 27.7 Å². The standard InChI is InChI=1S/C23H33FN3O9P/c1-14(2)34-21(30)15(3)26-37(32,36-16-8-6-5-7-9-16)33-12-17-23(4,13-28)19(24)20(35-17)27-11-10-18(29)25-22(27)31/h5-11,14-15,17,19-20,22,28,31H,12-13H2,1-4H3,(H,25,29)(H,26,32)/t15-,17+,19?,20+,22?,23?,37?/m0/s1. The Bertz CT molecular complexity index is 1030. The van der Waals surface area contributed by atoms with E-state index >= 15 is 4.39 Å². The molecule has 4 N–H and O–H groups in total. The summed E-state index contributed by atoms with van der Waals surface area (Å²) in [5.41, 5.74) is -1.54. The van der Waals surface area contributed by atoms with Crippen molar-refractivity contribution in [2.45, 2.75) is 64.7 Å². The van der Waals surface area contributed by atoms with E-state index in [9.17, 15) is 24.4 Å². The molecule has 2 aliphatic heterocycles. The van der Waals surface area contributed by atoms with E-state index in [0.717, 1.165) is 11.0 Å². The lowest BCUT2D eigenvalue weighted by molar-refractivity contribution is -0.149. The average molecular weight is 546 g/mol. The fourth-order valence-corrected chi connectivity index (χ4v) is 5.24. The first-order valence-electron chi connectivity index (χ1n) is 11.7. The van der Waals surface area contributed by atoms with Crippen LogP contribution in [0, 0.1) is 5.41 Å². The number of aliphatic hydroxyl groups excluding tert-OH is 2. The summed E-state index contributed by atoms with van der Waals surface area (Å²) in [5, 5.41) is 24.9. The number of carbonyl (C=O) groups is 2. The van der Waals surface area contributed by atoms with E-state index in [-0.39, 0.29) is 5.75 Å². The lowest BCUT2D eigenvalue weighted by Crippen LogP contribution is -2.55. The van der Waals surface area contributed by atoms with Crippen molar-refractivity contribution >= 4 is 19.6 Å². The maximum Gasteiger partial charge on any atom is 0.459 e. The van der Waals surface area contributed by atoms with Crippen LogP contribution in [-0.2, 0) is 28.2 Å². The Labute approximate surface area is 214 Å². The summed E-state index contributed by atoms with van der Waals surface area (Å²) >= 11 is 0. The number of halogens is 1. The number of benzene rings is 1. The van der Waals surface area contributed by atoms with Crippen molar-refractivity contribution in [3.8, 4) is 5.75 Å². The maximum atomic E-state index is 15.5. The monoisotopic (exact) mass is 545 g/mol. The number of esters is 1. The molecule has 0 radical (unpaired) electrons. The van der Waals surface area contributed by atoms with Gasteiger partial charge < -0.3 is 34.4 Å². The van der Waals surface area contributed by atoms with Crippen LogP contribution >= 0.6 is 7.75 Å². The van der Waals surface area contributed by atoms with Crippen LogP contribution in [0.25, 0.3) is 0 Å². The maximum absolute atomic E-state index is 15.5. The molecule has 1 aromatic carbocycles. The lowest BCUT2D eigenvalue weighted by Gasteiger charge is -2.35. The summed E-state index contributed by atoms with van der Waals surface area (Å²) in [6, 6.07) is 6.99. The second-order valence-electron chi connectivity index (χ2n) is 9.26. The number of rotatable bonds is 11. The lowest BCUT2D eigenvalue weighted by atomic mass is 9.82. The topological polar surface area (TPSA) is 156 Å². The molecule has 12 nitrogen and oxygen atoms in total. The molecule has 14 heteroatoms. The molecule has 1 amide bonds. The molecule has 0 aromatic heterocycles. The third kappa shape index (κ3) is 6.86. The molecule has 0 aliphatic carbocycles. The number of carbonyl (C=O) groups excluding carboxylic acids is 2. The molecule has 1 fully saturated rings. The molecule has 0 saturated carbocycles. The van der Waals surface area contributed by atoms with Gasteiger partial charge in [-0.2, -0.15) is 5.09 Å². The van der Waals surface area contributed by atoms with Crippen LogP contribution in [0.2, 0.25) is 0 Å². The number of nitrogens with one attached hydrogen (secondary N) is 2. The largest absolute Gasteiger partial charge is 0.462 e. The molecular weight excluding hydrogens is 512 g/mol. The second kappa shape index (κ2) is 11.9. The number of hydrogen-bond acceptors (Lipinski definition) is 10. The molecule has 1 aromatic rings. The zero-order valence-electron chi connectivity index (χ0n) is 20.9. The van der Waals surface area contributed by atoms with Crippen LogP contribution in [0.5, 0.6) is 5.75 Å². The second-order valence-corrected chi connectivity index (χ2v) is 11.0. The van der Waals surface area contributed by atoms with Gasteiger partial charge in [0.1, 0.15) is 11.8 Å². The van der Waals surface area contributed by atoms with Gasteiger partial charge in [0.15, 0.2) is 12.4 Å². The number of aliphatic hydroxyl groups is 2. The Morgan fingerprint density at radius 2 is 2.00 bits per heavy atom. The molecule has 3 rings (SSSR count). The van der Waals surface area contributed by atoms with Gasteiger partial charge in [-0.25, -0.2) is 8.96 Å². The van der Waals surface area contributed by atoms with E-state index in [1.54, 1.807) is 32.0 Å². The fraction of sp³-hybridized carbons (Fsp3) is 0.565. The number of para-hydroxylation sites is 1. The number of amides is 1. The summed E-state index contributed by atoms with van der Waals surface area (Å²) in [6.07, 6.45) is -4.12. The summed E-state index contributed by atoms with van der Waals surface area (Å²) in [7, 11) is -4.27. The Balaban J connectivity index is 1.80. The third-order valence-electron chi connectivity index (χ3n) is 5.93. The molecule has 7 atom stereocenters. The first kappa shape index (κ1) is 29.0. The van der Waals surface area contributed by atoms with E-state index in [0.29, 0.717) is 0 Å². The zero-order valence-corrected chi connectivity index (χ0v) is 21.8. The molecule has 4 unspecified atom stereocenters. The molecule has 37 heavy (non-hydrogen) atoms. The highest BCUT2D eigenvalue weighted by Gasteiger charge is 2.57. The summed E-state index contributed by atoms with van der Waals surface area (Å²) in [6.45, 7) is 4.97. The van der Waals surface area contributed by atoms with Crippen LogP contribution in [0.15, 0.2) is 42.6 Å². The highest BCUT2D eigenvalue weighted by molar-refractivity contribution is 7.52. The van der Waals surface area contributed by atoms with Gasteiger partial charge in [0.25, 0.3) is 0 Å². The van der Waals surface area contributed by atoms with Crippen molar-refractivity contribution in [1.29, 1.82) is 0 Å². The third-order valence-corrected chi connectivity index (χ3v) is 7.57. The van der Waals surface area contributed by atoms with Crippen molar-refractivity contribution in [1.82, 2.24) is 15.3 Å². The van der Waals surface area contributed by atoms with E-state index < -0.39 is 75.3 Å². The van der Waals surface area contributed by atoms with Crippen molar-refractivity contribution in [2.24, 2.45) is 5.41 Å². The smallest absolute Gasteiger partial charge is 0.459 e. The van der Waals surface area contributed by atoms with Gasteiger partial charge in [-0.3, -0.25) is 14.1 Å². The van der Waals surface area contributed by atoms with Crippen LogP contribution < -0.4 is 14.9 Å². The number of alkyl halides is 1. The Morgan fingerprint density at radius 1 is 1.32 bits per heavy atom. The molecular formula is C23H33FN3O9P. The van der Waals surface area contributed by atoms with Gasteiger partial charge in [-0.1, -0.05) is 25.1 Å². The van der Waals surface area contributed by atoms with Crippen LogP contribution in [0.4, 0.5) is 4.39 Å². The highest BCUT2D eigenvalue weighted by atomic mass is 31.2. The number of nitrogens with zero attached hydrogens (tertiary/aromatic N) is 1. The summed E-state index contributed by atoms with van der Waals surface area (Å²) in [4.78, 5) is 24.8. The fourth-order valence-electron chi connectivity index (χ4n) is 3.75. The average Bonchev–Trinajstić information content (AvgIpc) is 3.08. The molecule has 2 aliphatic rings. The van der Waals surface area contributed by atoms with Gasteiger partial charge in [-0.05, 0) is 32.9 Å². The van der Waals surface area contributed by atoms with Crippen molar-refractivity contribution in [3.63, 3.8) is 0 Å².